The number of nitrogens with one attached hydrogen (secondary N) is 1. The first-order chi connectivity index (χ1) is 15.0. The molecule has 1 saturated heterocycles. The van der Waals surface area contributed by atoms with Gasteiger partial charge in [-0.25, -0.2) is 4.98 Å². The predicted octanol–water partition coefficient (Wildman–Crippen LogP) is 2.59. The van der Waals surface area contributed by atoms with E-state index in [0.717, 1.165) is 55.2 Å². The topological polar surface area (TPSA) is 106 Å². The van der Waals surface area contributed by atoms with Crippen molar-refractivity contribution >= 4 is 28.4 Å². The summed E-state index contributed by atoms with van der Waals surface area (Å²) in [4.78, 5) is 29.9. The lowest BCUT2D eigenvalue weighted by Crippen LogP contribution is -2.37. The lowest BCUT2D eigenvalue weighted by Gasteiger charge is -2.31. The maximum atomic E-state index is 12.5. The van der Waals surface area contributed by atoms with Crippen molar-refractivity contribution in [3.63, 3.8) is 0 Å². The molecular formula is C23H28N6O2. The number of carbonyl (C=O) groups excluding carboxylic acids is 2. The van der Waals surface area contributed by atoms with Gasteiger partial charge in [-0.3, -0.25) is 14.3 Å². The number of aryl methyl sites for hydroxylation is 1. The van der Waals surface area contributed by atoms with Crippen molar-refractivity contribution in [1.29, 1.82) is 0 Å². The standard InChI is InChI=1S/C23H28N6O2/c1-16(30)28-10-5-17(6-11-28)7-12-29-13-8-21(27-29)23(31)26-15-18-2-3-20-19(14-18)4-9-25-22(20)24/h2-4,8-9,13-14,17H,5-7,10-12,15H2,1H3,(H2,24,25)(H,26,31). The van der Waals surface area contributed by atoms with E-state index in [1.54, 1.807) is 19.2 Å². The second-order valence-electron chi connectivity index (χ2n) is 8.14. The zero-order chi connectivity index (χ0) is 21.8. The molecule has 0 atom stereocenters. The Labute approximate surface area is 181 Å². The number of carbonyl (C=O) groups is 2. The van der Waals surface area contributed by atoms with Crippen LogP contribution in [0.2, 0.25) is 0 Å². The van der Waals surface area contributed by atoms with E-state index >= 15 is 0 Å². The molecule has 8 heteroatoms. The van der Waals surface area contributed by atoms with Gasteiger partial charge in [0.1, 0.15) is 11.5 Å². The second-order valence-corrected chi connectivity index (χ2v) is 8.14. The van der Waals surface area contributed by atoms with Gasteiger partial charge in [-0.15, -0.1) is 0 Å². The van der Waals surface area contributed by atoms with Crippen molar-refractivity contribution in [2.75, 3.05) is 18.8 Å². The number of piperidine rings is 1. The normalized spacial score (nSPS) is 14.7. The van der Waals surface area contributed by atoms with E-state index in [2.05, 4.69) is 15.4 Å². The highest BCUT2D eigenvalue weighted by Crippen LogP contribution is 2.21. The van der Waals surface area contributed by atoms with Crippen molar-refractivity contribution < 1.29 is 9.59 Å². The smallest absolute Gasteiger partial charge is 0.272 e. The Balaban J connectivity index is 1.27. The molecule has 4 rings (SSSR count). The Bertz CT molecular complexity index is 1080. The molecule has 0 spiro atoms. The van der Waals surface area contributed by atoms with Crippen molar-refractivity contribution in [2.45, 2.75) is 39.3 Å². The number of aromatic nitrogens is 3. The molecule has 3 N–H and O–H groups in total. The van der Waals surface area contributed by atoms with Crippen LogP contribution in [0, 0.1) is 5.92 Å². The minimum atomic E-state index is -0.192. The van der Waals surface area contributed by atoms with E-state index in [4.69, 9.17) is 5.73 Å². The number of likely N-dealkylation sites (tertiary alicyclic amines) is 1. The molecule has 162 valence electrons. The van der Waals surface area contributed by atoms with Gasteiger partial charge in [-0.05, 0) is 54.3 Å². The average molecular weight is 421 g/mol. The van der Waals surface area contributed by atoms with Gasteiger partial charge in [0.25, 0.3) is 5.91 Å². The third kappa shape index (κ3) is 5.02. The molecule has 2 aromatic heterocycles. The number of nitrogens with zero attached hydrogens (tertiary/aromatic N) is 4. The lowest BCUT2D eigenvalue weighted by molar-refractivity contribution is -0.130. The van der Waals surface area contributed by atoms with Crippen LogP contribution in [0.25, 0.3) is 10.8 Å². The van der Waals surface area contributed by atoms with Crippen LogP contribution in [0.3, 0.4) is 0 Å². The molecule has 1 aliphatic heterocycles. The average Bonchev–Trinajstić information content (AvgIpc) is 3.25. The van der Waals surface area contributed by atoms with Gasteiger partial charge in [0.2, 0.25) is 5.91 Å². The summed E-state index contributed by atoms with van der Waals surface area (Å²) in [6.07, 6.45) is 6.59. The minimum absolute atomic E-state index is 0.158. The van der Waals surface area contributed by atoms with Crippen LogP contribution in [0.4, 0.5) is 5.82 Å². The molecule has 1 fully saturated rings. The fraction of sp³-hybridized carbons (Fsp3) is 0.391. The van der Waals surface area contributed by atoms with E-state index < -0.39 is 0 Å². The first-order valence-corrected chi connectivity index (χ1v) is 10.7. The van der Waals surface area contributed by atoms with Crippen LogP contribution >= 0.6 is 0 Å². The monoisotopic (exact) mass is 420 g/mol. The molecule has 0 unspecified atom stereocenters. The summed E-state index contributed by atoms with van der Waals surface area (Å²) in [5, 5.41) is 9.26. The molecule has 0 radical (unpaired) electrons. The van der Waals surface area contributed by atoms with Crippen molar-refractivity contribution in [3.8, 4) is 0 Å². The van der Waals surface area contributed by atoms with E-state index in [9.17, 15) is 9.59 Å². The van der Waals surface area contributed by atoms with Gasteiger partial charge in [-0.2, -0.15) is 5.10 Å². The summed E-state index contributed by atoms with van der Waals surface area (Å²) in [7, 11) is 0. The number of amides is 2. The number of pyridine rings is 1. The molecule has 0 saturated carbocycles. The maximum absolute atomic E-state index is 12.5. The Hall–Kier alpha value is -3.42. The number of hydrogen-bond donors (Lipinski definition) is 2. The summed E-state index contributed by atoms with van der Waals surface area (Å²) in [6.45, 7) is 4.50. The summed E-state index contributed by atoms with van der Waals surface area (Å²) >= 11 is 0. The van der Waals surface area contributed by atoms with E-state index in [-0.39, 0.29) is 11.8 Å². The number of anilines is 1. The van der Waals surface area contributed by atoms with Crippen molar-refractivity contribution in [3.05, 3.63) is 54.0 Å². The van der Waals surface area contributed by atoms with Crippen LogP contribution in [-0.4, -0.2) is 44.6 Å². The number of benzene rings is 1. The molecule has 3 aromatic rings. The highest BCUT2D eigenvalue weighted by molar-refractivity contribution is 5.93. The van der Waals surface area contributed by atoms with E-state index in [1.807, 2.05) is 40.0 Å². The highest BCUT2D eigenvalue weighted by atomic mass is 16.2. The summed E-state index contributed by atoms with van der Waals surface area (Å²) in [5.74, 6) is 1.06. The lowest BCUT2D eigenvalue weighted by atomic mass is 9.93. The fourth-order valence-corrected chi connectivity index (χ4v) is 4.09. The van der Waals surface area contributed by atoms with Gasteiger partial charge in [0, 0.05) is 50.9 Å². The van der Waals surface area contributed by atoms with Crippen LogP contribution in [0.15, 0.2) is 42.7 Å². The van der Waals surface area contributed by atoms with Gasteiger partial charge >= 0.3 is 0 Å². The molecule has 3 heterocycles. The Morgan fingerprint density at radius 1 is 1.19 bits per heavy atom. The molecule has 0 bridgehead atoms. The highest BCUT2D eigenvalue weighted by Gasteiger charge is 2.20. The van der Waals surface area contributed by atoms with Crippen LogP contribution < -0.4 is 11.1 Å². The first kappa shape index (κ1) is 20.8. The largest absolute Gasteiger partial charge is 0.383 e. The van der Waals surface area contributed by atoms with Gasteiger partial charge in [0.15, 0.2) is 0 Å². The predicted molar refractivity (Wildman–Crippen MR) is 119 cm³/mol. The summed E-state index contributed by atoms with van der Waals surface area (Å²) in [5.41, 5.74) is 7.30. The number of fused-ring (bicyclic) bond motifs is 1. The molecule has 1 aliphatic rings. The zero-order valence-corrected chi connectivity index (χ0v) is 17.8. The Kier molecular flexibility index (Phi) is 6.16. The SMILES string of the molecule is CC(=O)N1CCC(CCn2ccc(C(=O)NCc3ccc4c(N)nccc4c3)n2)CC1. The van der Waals surface area contributed by atoms with Crippen LogP contribution in [-0.2, 0) is 17.9 Å². The van der Waals surface area contributed by atoms with Crippen molar-refractivity contribution in [2.24, 2.45) is 5.92 Å². The second kappa shape index (κ2) is 9.16. The number of hydrogen-bond acceptors (Lipinski definition) is 5. The molecule has 1 aromatic carbocycles. The molecular weight excluding hydrogens is 392 g/mol. The van der Waals surface area contributed by atoms with Crippen LogP contribution in [0.1, 0.15) is 42.2 Å². The van der Waals surface area contributed by atoms with Crippen LogP contribution in [0.5, 0.6) is 0 Å². The van der Waals surface area contributed by atoms with Gasteiger partial charge < -0.3 is 16.0 Å². The Morgan fingerprint density at radius 3 is 2.77 bits per heavy atom. The third-order valence-corrected chi connectivity index (χ3v) is 6.01. The number of rotatable bonds is 6. The molecule has 31 heavy (non-hydrogen) atoms. The summed E-state index contributed by atoms with van der Waals surface area (Å²) in [6, 6.07) is 9.53. The van der Waals surface area contributed by atoms with Gasteiger partial charge in [-0.1, -0.05) is 12.1 Å². The molecule has 0 aliphatic carbocycles. The zero-order valence-electron chi connectivity index (χ0n) is 17.8. The minimum Gasteiger partial charge on any atom is -0.383 e. The third-order valence-electron chi connectivity index (χ3n) is 6.01. The van der Waals surface area contributed by atoms with Crippen molar-refractivity contribution in [1.82, 2.24) is 25.0 Å². The van der Waals surface area contributed by atoms with E-state index in [0.29, 0.717) is 24.0 Å². The quantitative estimate of drug-likeness (QED) is 0.638. The number of nitrogen functional groups attached to an aromatic ring is 1. The van der Waals surface area contributed by atoms with E-state index in [1.165, 1.54) is 0 Å². The molecule has 8 nitrogen and oxygen atoms in total. The number of nitrogens with two attached hydrogens (primary N) is 1. The summed E-state index contributed by atoms with van der Waals surface area (Å²) < 4.78 is 1.83. The molecule has 2 amide bonds. The first-order valence-electron chi connectivity index (χ1n) is 10.7. The fourth-order valence-electron chi connectivity index (χ4n) is 4.09. The Morgan fingerprint density at radius 2 is 2.00 bits per heavy atom. The van der Waals surface area contributed by atoms with Gasteiger partial charge in [0.05, 0.1) is 0 Å². The maximum Gasteiger partial charge on any atom is 0.272 e.